The van der Waals surface area contributed by atoms with Crippen molar-refractivity contribution in [1.82, 2.24) is 10.3 Å². The van der Waals surface area contributed by atoms with Crippen LogP contribution in [0, 0.1) is 11.3 Å². The number of ketones is 1. The SMILES string of the molecule is COc1ccc(-[n+]2[nH]oc(=O)c2C(=O)c2sc3nc(N)c(C#N)c(-c4cc(OC)c(OC)c(OC)c4)c3c2N)cc1. The number of nitrogen functional groups attached to an aromatic ring is 2. The number of H-pyrrole nitrogens is 1. The Morgan fingerprint density at radius 2 is 1.71 bits per heavy atom. The van der Waals surface area contributed by atoms with Crippen LogP contribution in [0.2, 0.25) is 0 Å². The number of carbonyl (C=O) groups is 1. The summed E-state index contributed by atoms with van der Waals surface area (Å²) >= 11 is 0.929. The summed E-state index contributed by atoms with van der Waals surface area (Å²) in [5, 5.41) is 12.8. The van der Waals surface area contributed by atoms with Crippen molar-refractivity contribution < 1.29 is 32.9 Å². The Kier molecular flexibility index (Phi) is 6.96. The number of rotatable bonds is 8. The molecule has 5 aromatic rings. The molecule has 41 heavy (non-hydrogen) atoms. The molecule has 0 saturated heterocycles. The molecule has 0 spiro atoms. The monoisotopic (exact) mass is 575 g/mol. The van der Waals surface area contributed by atoms with E-state index in [4.69, 9.17) is 34.9 Å². The van der Waals surface area contributed by atoms with Gasteiger partial charge < -0.3 is 30.4 Å². The van der Waals surface area contributed by atoms with E-state index in [1.165, 1.54) is 33.1 Å². The van der Waals surface area contributed by atoms with Gasteiger partial charge in [0.05, 0.1) is 34.1 Å². The molecule has 5 N–H and O–H groups in total. The Labute approximate surface area is 236 Å². The molecule has 0 atom stereocenters. The summed E-state index contributed by atoms with van der Waals surface area (Å²) in [4.78, 5) is 31.2. The van der Waals surface area contributed by atoms with Crippen LogP contribution in [0.5, 0.6) is 23.0 Å². The van der Waals surface area contributed by atoms with Crippen LogP contribution in [-0.2, 0) is 0 Å². The Morgan fingerprint density at radius 1 is 1.05 bits per heavy atom. The zero-order chi connectivity index (χ0) is 29.4. The van der Waals surface area contributed by atoms with Gasteiger partial charge in [-0.15, -0.1) is 11.3 Å². The summed E-state index contributed by atoms with van der Waals surface area (Å²) in [6, 6.07) is 11.9. The molecular formula is C27H23N6O7S+. The zero-order valence-corrected chi connectivity index (χ0v) is 23.0. The third-order valence-electron chi connectivity index (χ3n) is 6.37. The second-order valence-corrected chi connectivity index (χ2v) is 9.49. The number of carbonyl (C=O) groups excluding carboxylic acids is 1. The van der Waals surface area contributed by atoms with Crippen molar-refractivity contribution in [2.75, 3.05) is 39.9 Å². The fourth-order valence-electron chi connectivity index (χ4n) is 4.45. The lowest BCUT2D eigenvalue weighted by Crippen LogP contribution is -2.41. The summed E-state index contributed by atoms with van der Waals surface area (Å²) in [7, 11) is 5.90. The molecule has 0 aliphatic heterocycles. The van der Waals surface area contributed by atoms with E-state index < -0.39 is 11.4 Å². The third kappa shape index (κ3) is 4.34. The molecule has 5 rings (SSSR count). The van der Waals surface area contributed by atoms with Crippen molar-refractivity contribution in [2.24, 2.45) is 0 Å². The van der Waals surface area contributed by atoms with Crippen molar-refractivity contribution in [3.63, 3.8) is 0 Å². The van der Waals surface area contributed by atoms with Gasteiger partial charge in [0.1, 0.15) is 32.9 Å². The smallest absolute Gasteiger partial charge is 0.439 e. The van der Waals surface area contributed by atoms with Crippen LogP contribution in [0.1, 0.15) is 20.9 Å². The van der Waals surface area contributed by atoms with E-state index in [9.17, 15) is 14.9 Å². The molecule has 0 amide bonds. The maximum atomic E-state index is 13.8. The standard InChI is InChI=1S/C27H22N6O7S/c1-36-14-7-5-13(6-8-14)33-21(27(35)40-32-33)22(34)24-20(29)19-18(15(11-28)25(30)31-26(19)41-24)12-9-16(37-2)23(39-4)17(10-12)38-3/h5-10H,1-4H3,(H4-,29,30,31,32,34,35)/p+1. The first kappa shape index (κ1) is 27.0. The highest BCUT2D eigenvalue weighted by Crippen LogP contribution is 2.47. The number of hydrogen-bond donors (Lipinski definition) is 3. The van der Waals surface area contributed by atoms with Gasteiger partial charge in [0.25, 0.3) is 5.78 Å². The van der Waals surface area contributed by atoms with Crippen LogP contribution in [0.25, 0.3) is 27.0 Å². The van der Waals surface area contributed by atoms with Gasteiger partial charge in [0, 0.05) is 23.1 Å². The highest BCUT2D eigenvalue weighted by atomic mass is 32.1. The summed E-state index contributed by atoms with van der Waals surface area (Å²) in [5.41, 5.74) is 12.8. The number of pyridine rings is 1. The van der Waals surface area contributed by atoms with Crippen molar-refractivity contribution in [3.8, 4) is 45.9 Å². The largest absolute Gasteiger partial charge is 0.497 e. The van der Waals surface area contributed by atoms with Crippen LogP contribution in [0.4, 0.5) is 11.5 Å². The molecule has 14 heteroatoms. The fraction of sp³-hybridized carbons (Fsp3) is 0.148. The van der Waals surface area contributed by atoms with Crippen molar-refractivity contribution >= 4 is 38.8 Å². The van der Waals surface area contributed by atoms with Crippen molar-refractivity contribution in [3.05, 3.63) is 63.0 Å². The maximum absolute atomic E-state index is 13.8. The highest BCUT2D eigenvalue weighted by Gasteiger charge is 2.35. The molecule has 0 saturated carbocycles. The van der Waals surface area contributed by atoms with E-state index in [1.807, 2.05) is 0 Å². The van der Waals surface area contributed by atoms with Crippen LogP contribution in [0.15, 0.2) is 45.7 Å². The number of nitrogens with zero attached hydrogens (tertiary/aromatic N) is 3. The number of nitrogens with one attached hydrogen (secondary N) is 1. The number of fused-ring (bicyclic) bond motifs is 1. The quantitative estimate of drug-likeness (QED) is 0.182. The summed E-state index contributed by atoms with van der Waals surface area (Å²) in [5.74, 6) is 0.780. The molecule has 3 heterocycles. The zero-order valence-electron chi connectivity index (χ0n) is 22.2. The molecular weight excluding hydrogens is 552 g/mol. The van der Waals surface area contributed by atoms with Crippen LogP contribution in [0.3, 0.4) is 0 Å². The number of ether oxygens (including phenoxy) is 4. The predicted molar refractivity (Wildman–Crippen MR) is 149 cm³/mol. The molecule has 0 aliphatic rings. The maximum Gasteiger partial charge on any atom is 0.439 e. The molecule has 13 nitrogen and oxygen atoms in total. The number of aromatic nitrogens is 3. The second kappa shape index (κ2) is 10.5. The van der Waals surface area contributed by atoms with E-state index in [1.54, 1.807) is 36.4 Å². The number of nitriles is 1. The first-order valence-corrected chi connectivity index (χ1v) is 12.6. The Bertz CT molecular complexity index is 1890. The van der Waals surface area contributed by atoms with Gasteiger partial charge in [-0.3, -0.25) is 9.32 Å². The minimum absolute atomic E-state index is 0.00429. The van der Waals surface area contributed by atoms with Crippen LogP contribution >= 0.6 is 11.3 Å². The van der Waals surface area contributed by atoms with Crippen molar-refractivity contribution in [1.29, 1.82) is 5.26 Å². The van der Waals surface area contributed by atoms with Crippen LogP contribution < -0.4 is 40.7 Å². The normalized spacial score (nSPS) is 10.8. The highest BCUT2D eigenvalue weighted by molar-refractivity contribution is 7.21. The molecule has 208 valence electrons. The topological polar surface area (TPSA) is 193 Å². The average Bonchev–Trinajstić information content (AvgIpc) is 3.54. The van der Waals surface area contributed by atoms with Crippen molar-refractivity contribution in [2.45, 2.75) is 0 Å². The minimum Gasteiger partial charge on any atom is -0.497 e. The Hall–Kier alpha value is -5.55. The second-order valence-electron chi connectivity index (χ2n) is 8.49. The number of benzene rings is 2. The lowest BCUT2D eigenvalue weighted by atomic mass is 9.96. The Morgan fingerprint density at radius 3 is 2.27 bits per heavy atom. The van der Waals surface area contributed by atoms with Gasteiger partial charge in [-0.05, 0) is 39.8 Å². The predicted octanol–water partition coefficient (Wildman–Crippen LogP) is 2.82. The van der Waals surface area contributed by atoms with E-state index >= 15 is 0 Å². The molecule has 3 aromatic heterocycles. The number of aromatic amines is 1. The van der Waals surface area contributed by atoms with Gasteiger partial charge in [-0.25, -0.2) is 9.78 Å². The number of anilines is 2. The lowest BCUT2D eigenvalue weighted by Gasteiger charge is -2.16. The summed E-state index contributed by atoms with van der Waals surface area (Å²) in [6.45, 7) is 0. The molecule has 0 radical (unpaired) electrons. The van der Waals surface area contributed by atoms with E-state index in [0.717, 1.165) is 11.3 Å². The Balaban J connectivity index is 1.75. The summed E-state index contributed by atoms with van der Waals surface area (Å²) in [6.07, 6.45) is 0. The third-order valence-corrected chi connectivity index (χ3v) is 7.47. The number of nitrogens with two attached hydrogens (primary N) is 2. The summed E-state index contributed by atoms with van der Waals surface area (Å²) < 4.78 is 27.7. The fourth-order valence-corrected chi connectivity index (χ4v) is 5.51. The van der Waals surface area contributed by atoms with Gasteiger partial charge in [0.2, 0.25) is 11.4 Å². The van der Waals surface area contributed by atoms with Gasteiger partial charge in [-0.2, -0.15) is 5.26 Å². The molecule has 0 fully saturated rings. The van der Waals surface area contributed by atoms with E-state index in [-0.39, 0.29) is 32.5 Å². The first-order chi connectivity index (χ1) is 19.8. The van der Waals surface area contributed by atoms with Gasteiger partial charge >= 0.3 is 11.3 Å². The minimum atomic E-state index is -0.905. The molecule has 0 aliphatic carbocycles. The lowest BCUT2D eigenvalue weighted by molar-refractivity contribution is -0.672. The van der Waals surface area contributed by atoms with Gasteiger partial charge in [-0.1, -0.05) is 0 Å². The van der Waals surface area contributed by atoms with Crippen LogP contribution in [-0.4, -0.2) is 44.5 Å². The molecule has 0 unspecified atom stereocenters. The number of methoxy groups -OCH3 is 4. The number of thiophene rings is 1. The van der Waals surface area contributed by atoms with E-state index in [2.05, 4.69) is 16.3 Å². The molecule has 0 bridgehead atoms. The van der Waals surface area contributed by atoms with Gasteiger partial charge in [0.15, 0.2) is 11.5 Å². The molecule has 2 aromatic carbocycles. The number of hydrogen-bond acceptors (Lipinski definition) is 12. The first-order valence-electron chi connectivity index (χ1n) is 11.8. The van der Waals surface area contributed by atoms with E-state index in [0.29, 0.717) is 45.2 Å². The average molecular weight is 576 g/mol.